The third-order valence-corrected chi connectivity index (χ3v) is 2.84. The zero-order valence-electron chi connectivity index (χ0n) is 9.66. The number of rotatable bonds is 4. The molecule has 0 aromatic heterocycles. The summed E-state index contributed by atoms with van der Waals surface area (Å²) in [5.41, 5.74) is 3.25. The van der Waals surface area contributed by atoms with Gasteiger partial charge in [0.1, 0.15) is 0 Å². The lowest BCUT2D eigenvalue weighted by atomic mass is 10.1. The van der Waals surface area contributed by atoms with E-state index in [1.165, 1.54) is 25.9 Å². The van der Waals surface area contributed by atoms with Crippen molar-refractivity contribution in [1.82, 2.24) is 15.3 Å². The van der Waals surface area contributed by atoms with Gasteiger partial charge in [-0.15, -0.1) is 0 Å². The van der Waals surface area contributed by atoms with Crippen molar-refractivity contribution in [3.8, 4) is 0 Å². The number of nitrogens with one attached hydrogen (secondary N) is 1. The molecule has 1 aliphatic heterocycles. The molecular weight excluding hydrogens is 174 g/mol. The fourth-order valence-corrected chi connectivity index (χ4v) is 1.87. The SMILES string of the molecule is CC/C=C\N(NC)C1CCN(C)CC1. The van der Waals surface area contributed by atoms with E-state index in [1.807, 2.05) is 7.05 Å². The van der Waals surface area contributed by atoms with Crippen LogP contribution < -0.4 is 5.43 Å². The van der Waals surface area contributed by atoms with E-state index in [-0.39, 0.29) is 0 Å². The number of nitrogens with zero attached hydrogens (tertiary/aromatic N) is 2. The van der Waals surface area contributed by atoms with E-state index in [9.17, 15) is 0 Å². The lowest BCUT2D eigenvalue weighted by Gasteiger charge is -2.36. The molecule has 0 unspecified atom stereocenters. The summed E-state index contributed by atoms with van der Waals surface area (Å²) in [5, 5.41) is 2.25. The number of hydrazine groups is 1. The number of hydrogen-bond acceptors (Lipinski definition) is 3. The summed E-state index contributed by atoms with van der Waals surface area (Å²) in [6, 6.07) is 0.666. The average molecular weight is 197 g/mol. The molecule has 3 nitrogen and oxygen atoms in total. The van der Waals surface area contributed by atoms with Crippen molar-refractivity contribution in [3.63, 3.8) is 0 Å². The zero-order valence-corrected chi connectivity index (χ0v) is 9.66. The lowest BCUT2D eigenvalue weighted by molar-refractivity contribution is 0.130. The van der Waals surface area contributed by atoms with Crippen molar-refractivity contribution in [2.24, 2.45) is 0 Å². The van der Waals surface area contributed by atoms with Crippen LogP contribution in [0.4, 0.5) is 0 Å². The van der Waals surface area contributed by atoms with Gasteiger partial charge in [-0.2, -0.15) is 0 Å². The average Bonchev–Trinajstić information content (AvgIpc) is 2.21. The Morgan fingerprint density at radius 3 is 2.57 bits per heavy atom. The third kappa shape index (κ3) is 3.31. The Morgan fingerprint density at radius 2 is 2.07 bits per heavy atom. The molecule has 1 heterocycles. The smallest absolute Gasteiger partial charge is 0.0472 e. The number of likely N-dealkylation sites (tertiary alicyclic amines) is 1. The van der Waals surface area contributed by atoms with E-state index in [0.29, 0.717) is 6.04 Å². The van der Waals surface area contributed by atoms with Crippen LogP contribution in [0.3, 0.4) is 0 Å². The first-order chi connectivity index (χ1) is 6.77. The number of allylic oxidation sites excluding steroid dienone is 1. The summed E-state index contributed by atoms with van der Waals surface area (Å²) < 4.78 is 0. The second-order valence-electron chi connectivity index (χ2n) is 3.96. The molecule has 82 valence electrons. The maximum atomic E-state index is 3.25. The second-order valence-corrected chi connectivity index (χ2v) is 3.96. The standard InChI is InChI=1S/C11H23N3/c1-4-5-8-14(12-2)11-6-9-13(3)10-7-11/h5,8,11-12H,4,6-7,9-10H2,1-3H3/b8-5-. The molecule has 0 aliphatic carbocycles. The number of hydrogen-bond donors (Lipinski definition) is 1. The van der Waals surface area contributed by atoms with Crippen LogP contribution in [0.15, 0.2) is 12.3 Å². The monoisotopic (exact) mass is 197 g/mol. The Labute approximate surface area is 87.7 Å². The third-order valence-electron chi connectivity index (χ3n) is 2.84. The topological polar surface area (TPSA) is 18.5 Å². The van der Waals surface area contributed by atoms with Crippen LogP contribution in [0.5, 0.6) is 0 Å². The molecule has 14 heavy (non-hydrogen) atoms. The van der Waals surface area contributed by atoms with Crippen molar-refractivity contribution in [1.29, 1.82) is 0 Å². The highest BCUT2D eigenvalue weighted by Gasteiger charge is 2.19. The van der Waals surface area contributed by atoms with Gasteiger partial charge in [-0.3, -0.25) is 0 Å². The minimum Gasteiger partial charge on any atom is -0.313 e. The largest absolute Gasteiger partial charge is 0.313 e. The van der Waals surface area contributed by atoms with Gasteiger partial charge in [0.05, 0.1) is 0 Å². The molecule has 1 rings (SSSR count). The quantitative estimate of drug-likeness (QED) is 0.688. The molecule has 0 atom stereocenters. The molecule has 0 amide bonds. The Morgan fingerprint density at radius 1 is 1.43 bits per heavy atom. The number of piperidine rings is 1. The van der Waals surface area contributed by atoms with Crippen molar-refractivity contribution < 1.29 is 0 Å². The van der Waals surface area contributed by atoms with E-state index < -0.39 is 0 Å². The van der Waals surface area contributed by atoms with E-state index in [1.54, 1.807) is 0 Å². The van der Waals surface area contributed by atoms with Crippen LogP contribution in [0, 0.1) is 0 Å². The van der Waals surface area contributed by atoms with Gasteiger partial charge < -0.3 is 9.91 Å². The summed E-state index contributed by atoms with van der Waals surface area (Å²) in [7, 11) is 4.19. The predicted molar refractivity (Wildman–Crippen MR) is 60.8 cm³/mol. The Kier molecular flexibility index (Phi) is 4.98. The first kappa shape index (κ1) is 11.5. The van der Waals surface area contributed by atoms with Crippen LogP contribution >= 0.6 is 0 Å². The molecular formula is C11H23N3. The highest BCUT2D eigenvalue weighted by molar-refractivity contribution is 4.86. The molecule has 1 fully saturated rings. The second kappa shape index (κ2) is 6.04. The molecule has 0 bridgehead atoms. The van der Waals surface area contributed by atoms with Gasteiger partial charge in [-0.1, -0.05) is 13.0 Å². The summed E-state index contributed by atoms with van der Waals surface area (Å²) >= 11 is 0. The van der Waals surface area contributed by atoms with Gasteiger partial charge in [0.25, 0.3) is 0 Å². The van der Waals surface area contributed by atoms with Crippen molar-refractivity contribution in [2.45, 2.75) is 32.2 Å². The van der Waals surface area contributed by atoms with E-state index in [2.05, 4.69) is 41.6 Å². The summed E-state index contributed by atoms with van der Waals surface area (Å²) in [4.78, 5) is 2.40. The molecule has 3 heteroatoms. The minimum atomic E-state index is 0.666. The van der Waals surface area contributed by atoms with Crippen LogP contribution in [-0.2, 0) is 0 Å². The maximum absolute atomic E-state index is 3.25. The molecule has 1 saturated heterocycles. The van der Waals surface area contributed by atoms with Gasteiger partial charge >= 0.3 is 0 Å². The fraction of sp³-hybridized carbons (Fsp3) is 0.818. The van der Waals surface area contributed by atoms with Gasteiger partial charge in [0.2, 0.25) is 0 Å². The Bertz CT molecular complexity index is 171. The summed E-state index contributed by atoms with van der Waals surface area (Å²) in [5.74, 6) is 0. The maximum Gasteiger partial charge on any atom is 0.0472 e. The molecule has 0 radical (unpaired) electrons. The molecule has 0 saturated carbocycles. The molecule has 1 N–H and O–H groups in total. The Hall–Kier alpha value is -0.540. The van der Waals surface area contributed by atoms with Crippen molar-refractivity contribution in [3.05, 3.63) is 12.3 Å². The first-order valence-electron chi connectivity index (χ1n) is 5.58. The van der Waals surface area contributed by atoms with Gasteiger partial charge in [0, 0.05) is 19.3 Å². The highest BCUT2D eigenvalue weighted by atomic mass is 15.5. The van der Waals surface area contributed by atoms with Crippen LogP contribution in [0.2, 0.25) is 0 Å². The normalized spacial score (nSPS) is 20.5. The zero-order chi connectivity index (χ0) is 10.4. The molecule has 1 aliphatic rings. The lowest BCUT2D eigenvalue weighted by Crippen LogP contribution is -2.46. The van der Waals surface area contributed by atoms with Gasteiger partial charge in [0.15, 0.2) is 0 Å². The first-order valence-corrected chi connectivity index (χ1v) is 5.58. The van der Waals surface area contributed by atoms with Gasteiger partial charge in [-0.05, 0) is 39.4 Å². The fourth-order valence-electron chi connectivity index (χ4n) is 1.87. The van der Waals surface area contributed by atoms with Crippen LogP contribution in [0.1, 0.15) is 26.2 Å². The van der Waals surface area contributed by atoms with Gasteiger partial charge in [-0.25, -0.2) is 5.43 Å². The van der Waals surface area contributed by atoms with E-state index in [4.69, 9.17) is 0 Å². The van der Waals surface area contributed by atoms with Crippen molar-refractivity contribution in [2.75, 3.05) is 27.2 Å². The summed E-state index contributed by atoms with van der Waals surface area (Å²) in [6.07, 6.45) is 7.99. The van der Waals surface area contributed by atoms with Crippen LogP contribution in [0.25, 0.3) is 0 Å². The van der Waals surface area contributed by atoms with E-state index in [0.717, 1.165) is 6.42 Å². The van der Waals surface area contributed by atoms with Crippen LogP contribution in [-0.4, -0.2) is 43.1 Å². The minimum absolute atomic E-state index is 0.666. The molecule has 0 aromatic rings. The highest BCUT2D eigenvalue weighted by Crippen LogP contribution is 2.13. The molecule has 0 spiro atoms. The van der Waals surface area contributed by atoms with Crippen molar-refractivity contribution >= 4 is 0 Å². The predicted octanol–water partition coefficient (Wildman–Crippen LogP) is 1.44. The molecule has 0 aromatic carbocycles. The Balaban J connectivity index is 2.40. The van der Waals surface area contributed by atoms with E-state index >= 15 is 0 Å². The summed E-state index contributed by atoms with van der Waals surface area (Å²) in [6.45, 7) is 4.59.